The number of hydrogen-bond donors (Lipinski definition) is 0. The summed E-state index contributed by atoms with van der Waals surface area (Å²) in [6, 6.07) is 7.35. The Morgan fingerprint density at radius 1 is 1.19 bits per heavy atom. The predicted octanol–water partition coefficient (Wildman–Crippen LogP) is 2.60. The van der Waals surface area contributed by atoms with Gasteiger partial charge in [0.05, 0.1) is 19.1 Å². The molecule has 8 heteroatoms. The molecule has 0 spiro atoms. The van der Waals surface area contributed by atoms with Gasteiger partial charge < -0.3 is 14.2 Å². The zero-order valence-electron chi connectivity index (χ0n) is 15.1. The zero-order chi connectivity index (χ0) is 18.6. The largest absolute Gasteiger partial charge is 0.378 e. The van der Waals surface area contributed by atoms with Crippen LogP contribution in [-0.4, -0.2) is 64.7 Å². The van der Waals surface area contributed by atoms with Crippen LogP contribution in [0.2, 0.25) is 5.02 Å². The van der Waals surface area contributed by atoms with Crippen LogP contribution in [0.3, 0.4) is 0 Å². The van der Waals surface area contributed by atoms with Gasteiger partial charge in [-0.25, -0.2) is 0 Å². The fraction of sp³-hybridized carbons (Fsp3) is 0.526. The van der Waals surface area contributed by atoms with E-state index in [1.54, 1.807) is 12.1 Å². The third-order valence-corrected chi connectivity index (χ3v) is 5.33. The summed E-state index contributed by atoms with van der Waals surface area (Å²) < 4.78 is 10.9. The molecule has 0 saturated carbocycles. The van der Waals surface area contributed by atoms with Gasteiger partial charge in [-0.3, -0.25) is 9.69 Å². The van der Waals surface area contributed by atoms with E-state index in [0.717, 1.165) is 51.2 Å². The minimum atomic E-state index is 0.111. The Kier molecular flexibility index (Phi) is 5.71. The Morgan fingerprint density at radius 3 is 2.67 bits per heavy atom. The van der Waals surface area contributed by atoms with Crippen LogP contribution in [0.25, 0.3) is 11.4 Å². The number of halogens is 1. The number of carbonyl (C=O) groups is 1. The van der Waals surface area contributed by atoms with Crippen molar-refractivity contribution in [1.29, 1.82) is 0 Å². The van der Waals surface area contributed by atoms with Crippen molar-refractivity contribution in [1.82, 2.24) is 19.9 Å². The molecule has 0 radical (unpaired) electrons. The van der Waals surface area contributed by atoms with Crippen LogP contribution in [-0.2, 0) is 16.1 Å². The Morgan fingerprint density at radius 2 is 1.96 bits per heavy atom. The number of hydrogen-bond acceptors (Lipinski definition) is 6. The maximum absolute atomic E-state index is 12.4. The fourth-order valence-corrected chi connectivity index (χ4v) is 3.64. The van der Waals surface area contributed by atoms with Crippen molar-refractivity contribution in [2.24, 2.45) is 0 Å². The van der Waals surface area contributed by atoms with Crippen LogP contribution in [0.1, 0.15) is 25.2 Å². The molecule has 1 aromatic carbocycles. The lowest BCUT2D eigenvalue weighted by Crippen LogP contribution is -2.48. The summed E-state index contributed by atoms with van der Waals surface area (Å²) in [6.07, 6.45) is 2.68. The average Bonchev–Trinajstić information content (AvgIpc) is 3.35. The molecular formula is C19H23ClN4O3. The van der Waals surface area contributed by atoms with E-state index in [0.29, 0.717) is 29.7 Å². The summed E-state index contributed by atoms with van der Waals surface area (Å²) in [7, 11) is 0. The van der Waals surface area contributed by atoms with Crippen LogP contribution in [0.4, 0.5) is 0 Å². The van der Waals surface area contributed by atoms with Gasteiger partial charge in [0, 0.05) is 43.4 Å². The topological polar surface area (TPSA) is 71.7 Å². The monoisotopic (exact) mass is 390 g/mol. The molecule has 2 aromatic rings. The quantitative estimate of drug-likeness (QED) is 0.781. The minimum absolute atomic E-state index is 0.111. The predicted molar refractivity (Wildman–Crippen MR) is 100 cm³/mol. The first-order chi connectivity index (χ1) is 13.2. The molecule has 1 unspecified atom stereocenters. The number of carbonyl (C=O) groups excluding carboxylic acids is 1. The Hall–Kier alpha value is -1.96. The van der Waals surface area contributed by atoms with Crippen LogP contribution in [0, 0.1) is 0 Å². The molecule has 144 valence electrons. The molecule has 2 fully saturated rings. The molecule has 3 heterocycles. The van der Waals surface area contributed by atoms with Crippen molar-refractivity contribution in [3.8, 4) is 11.4 Å². The maximum Gasteiger partial charge on any atom is 0.241 e. The Balaban J connectivity index is 1.27. The number of piperazine rings is 1. The lowest BCUT2D eigenvalue weighted by atomic mass is 10.1. The summed E-state index contributed by atoms with van der Waals surface area (Å²) in [5, 5.41) is 4.72. The zero-order valence-corrected chi connectivity index (χ0v) is 15.9. The van der Waals surface area contributed by atoms with Crippen molar-refractivity contribution in [3.63, 3.8) is 0 Å². The molecule has 2 saturated heterocycles. The van der Waals surface area contributed by atoms with E-state index >= 15 is 0 Å². The Labute approximate surface area is 163 Å². The van der Waals surface area contributed by atoms with E-state index in [9.17, 15) is 4.79 Å². The van der Waals surface area contributed by atoms with Crippen LogP contribution < -0.4 is 0 Å². The first-order valence-corrected chi connectivity index (χ1v) is 9.75. The first-order valence-electron chi connectivity index (χ1n) is 9.37. The molecule has 1 amide bonds. The van der Waals surface area contributed by atoms with E-state index in [1.165, 1.54) is 0 Å². The van der Waals surface area contributed by atoms with Gasteiger partial charge in [-0.05, 0) is 37.1 Å². The highest BCUT2D eigenvalue weighted by molar-refractivity contribution is 6.30. The molecule has 2 aliphatic rings. The lowest BCUT2D eigenvalue weighted by molar-refractivity contribution is -0.135. The van der Waals surface area contributed by atoms with E-state index in [2.05, 4.69) is 15.0 Å². The fourth-order valence-electron chi connectivity index (χ4n) is 3.51. The second-order valence-corrected chi connectivity index (χ2v) is 7.45. The molecule has 0 aliphatic carbocycles. The second-order valence-electron chi connectivity index (χ2n) is 7.01. The summed E-state index contributed by atoms with van der Waals surface area (Å²) in [6.45, 7) is 4.43. The van der Waals surface area contributed by atoms with Gasteiger partial charge in [-0.1, -0.05) is 16.8 Å². The SMILES string of the molecule is O=C(CC1CCCO1)N1CCN(Cc2nc(-c3ccc(Cl)cc3)no2)CC1. The van der Waals surface area contributed by atoms with E-state index in [4.69, 9.17) is 20.9 Å². The molecule has 1 aromatic heterocycles. The number of nitrogens with zero attached hydrogens (tertiary/aromatic N) is 4. The van der Waals surface area contributed by atoms with Gasteiger partial charge in [0.15, 0.2) is 0 Å². The van der Waals surface area contributed by atoms with Crippen molar-refractivity contribution < 1.29 is 14.1 Å². The highest BCUT2D eigenvalue weighted by atomic mass is 35.5. The summed E-state index contributed by atoms with van der Waals surface area (Å²) in [5.41, 5.74) is 0.874. The van der Waals surface area contributed by atoms with Crippen molar-refractivity contribution in [2.45, 2.75) is 31.9 Å². The summed E-state index contributed by atoms with van der Waals surface area (Å²) >= 11 is 5.91. The van der Waals surface area contributed by atoms with Gasteiger partial charge in [-0.15, -0.1) is 0 Å². The van der Waals surface area contributed by atoms with Gasteiger partial charge in [-0.2, -0.15) is 4.98 Å². The van der Waals surface area contributed by atoms with Crippen LogP contribution >= 0.6 is 11.6 Å². The van der Waals surface area contributed by atoms with Gasteiger partial charge in [0.25, 0.3) is 0 Å². The van der Waals surface area contributed by atoms with E-state index in [-0.39, 0.29) is 12.0 Å². The van der Waals surface area contributed by atoms with E-state index < -0.39 is 0 Å². The maximum atomic E-state index is 12.4. The average molecular weight is 391 g/mol. The molecular weight excluding hydrogens is 368 g/mol. The molecule has 0 N–H and O–H groups in total. The van der Waals surface area contributed by atoms with Gasteiger partial charge >= 0.3 is 0 Å². The first kappa shape index (κ1) is 18.4. The van der Waals surface area contributed by atoms with Crippen LogP contribution in [0.15, 0.2) is 28.8 Å². The lowest BCUT2D eigenvalue weighted by Gasteiger charge is -2.34. The highest BCUT2D eigenvalue weighted by Gasteiger charge is 2.26. The number of benzene rings is 1. The van der Waals surface area contributed by atoms with Gasteiger partial charge in [0.2, 0.25) is 17.6 Å². The molecule has 4 rings (SSSR count). The van der Waals surface area contributed by atoms with Crippen molar-refractivity contribution in [3.05, 3.63) is 35.2 Å². The molecule has 7 nitrogen and oxygen atoms in total. The molecule has 27 heavy (non-hydrogen) atoms. The summed E-state index contributed by atoms with van der Waals surface area (Å²) in [5.74, 6) is 1.34. The van der Waals surface area contributed by atoms with Gasteiger partial charge in [0.1, 0.15) is 0 Å². The van der Waals surface area contributed by atoms with Crippen molar-refractivity contribution >= 4 is 17.5 Å². The number of aromatic nitrogens is 2. The summed E-state index contributed by atoms with van der Waals surface area (Å²) in [4.78, 5) is 21.0. The Bertz CT molecular complexity index is 766. The van der Waals surface area contributed by atoms with Crippen LogP contribution in [0.5, 0.6) is 0 Å². The molecule has 0 bridgehead atoms. The highest BCUT2D eigenvalue weighted by Crippen LogP contribution is 2.20. The normalized spacial score (nSPS) is 20.9. The molecule has 2 aliphatic heterocycles. The van der Waals surface area contributed by atoms with Crippen molar-refractivity contribution in [2.75, 3.05) is 32.8 Å². The minimum Gasteiger partial charge on any atom is -0.378 e. The molecule has 1 atom stereocenters. The third kappa shape index (κ3) is 4.66. The smallest absolute Gasteiger partial charge is 0.241 e. The number of ether oxygens (including phenoxy) is 1. The van der Waals surface area contributed by atoms with E-state index in [1.807, 2.05) is 17.0 Å². The number of amides is 1. The standard InChI is InChI=1S/C19H23ClN4O3/c20-15-5-3-14(4-6-15)19-21-17(27-22-19)13-23-7-9-24(10-8-23)18(25)12-16-2-1-11-26-16/h3-6,16H,1-2,7-13H2. The third-order valence-electron chi connectivity index (χ3n) is 5.08. The number of rotatable bonds is 5. The second kappa shape index (κ2) is 8.37.